The molecule has 144 valence electrons. The molecule has 3 rings (SSSR count). The number of hydrogen-bond acceptors (Lipinski definition) is 5. The molecule has 1 amide bonds. The normalized spacial score (nSPS) is 15.4. The van der Waals surface area contributed by atoms with Crippen molar-refractivity contribution in [3.8, 4) is 0 Å². The van der Waals surface area contributed by atoms with Crippen LogP contribution in [0.3, 0.4) is 0 Å². The number of carbonyl (C=O) groups excluding carboxylic acids is 1. The molecular weight excluding hydrogens is 383 g/mol. The lowest BCUT2D eigenvalue weighted by molar-refractivity contribution is -0.141. The van der Waals surface area contributed by atoms with Crippen LogP contribution in [0.25, 0.3) is 0 Å². The number of rotatable bonds is 4. The van der Waals surface area contributed by atoms with Crippen molar-refractivity contribution >= 4 is 29.1 Å². The standard InChI is InChI=1S/C17H17ClF3N5O/c18-10-1-3-11(4-2-10)24-15(27)13-9-23-16(26-14(13)17(19,20)21)25-12-5-7-22-8-6-12/h1-4,9,12,22H,5-8H2,(H,24,27)(H,23,25,26). The van der Waals surface area contributed by atoms with Crippen LogP contribution < -0.4 is 16.0 Å². The summed E-state index contributed by atoms with van der Waals surface area (Å²) < 4.78 is 40.3. The van der Waals surface area contributed by atoms with Gasteiger partial charge in [0, 0.05) is 22.9 Å². The van der Waals surface area contributed by atoms with E-state index in [0.29, 0.717) is 10.7 Å². The predicted octanol–water partition coefficient (Wildman–Crippen LogP) is 3.57. The minimum Gasteiger partial charge on any atom is -0.351 e. The number of benzene rings is 1. The van der Waals surface area contributed by atoms with Crippen molar-refractivity contribution in [1.82, 2.24) is 15.3 Å². The fourth-order valence-corrected chi connectivity index (χ4v) is 2.84. The Balaban J connectivity index is 1.82. The molecule has 0 radical (unpaired) electrons. The summed E-state index contributed by atoms with van der Waals surface area (Å²) in [5.74, 6) is -1.09. The van der Waals surface area contributed by atoms with Gasteiger partial charge in [-0.25, -0.2) is 9.97 Å². The highest BCUT2D eigenvalue weighted by Gasteiger charge is 2.38. The van der Waals surface area contributed by atoms with E-state index in [9.17, 15) is 18.0 Å². The Labute approximate surface area is 158 Å². The summed E-state index contributed by atoms with van der Waals surface area (Å²) >= 11 is 5.76. The number of carbonyl (C=O) groups is 1. The maximum absolute atomic E-state index is 13.4. The molecule has 2 aromatic rings. The van der Waals surface area contributed by atoms with Crippen molar-refractivity contribution in [3.05, 3.63) is 46.7 Å². The lowest BCUT2D eigenvalue weighted by Gasteiger charge is -2.24. The predicted molar refractivity (Wildman–Crippen MR) is 96.0 cm³/mol. The van der Waals surface area contributed by atoms with Crippen molar-refractivity contribution in [2.24, 2.45) is 0 Å². The fourth-order valence-electron chi connectivity index (χ4n) is 2.71. The van der Waals surface area contributed by atoms with E-state index in [1.54, 1.807) is 0 Å². The number of hydrogen-bond donors (Lipinski definition) is 3. The van der Waals surface area contributed by atoms with Crippen LogP contribution in [0.5, 0.6) is 0 Å². The molecular formula is C17H17ClF3N5O. The van der Waals surface area contributed by atoms with Gasteiger partial charge in [0.15, 0.2) is 5.69 Å². The van der Waals surface area contributed by atoms with Crippen LogP contribution in [0.15, 0.2) is 30.5 Å². The third kappa shape index (κ3) is 5.08. The molecule has 6 nitrogen and oxygen atoms in total. The molecule has 1 aliphatic heterocycles. The zero-order valence-electron chi connectivity index (χ0n) is 14.1. The smallest absolute Gasteiger partial charge is 0.351 e. The molecule has 0 unspecified atom stereocenters. The van der Waals surface area contributed by atoms with Gasteiger partial charge in [-0.05, 0) is 50.2 Å². The molecule has 0 bridgehead atoms. The molecule has 0 spiro atoms. The van der Waals surface area contributed by atoms with E-state index in [-0.39, 0.29) is 12.0 Å². The van der Waals surface area contributed by atoms with Crippen LogP contribution in [0, 0.1) is 0 Å². The number of nitrogens with zero attached hydrogens (tertiary/aromatic N) is 2. The van der Waals surface area contributed by atoms with E-state index in [2.05, 4.69) is 25.9 Å². The first-order chi connectivity index (χ1) is 12.8. The first-order valence-corrected chi connectivity index (χ1v) is 8.69. The minimum absolute atomic E-state index is 0.0129. The van der Waals surface area contributed by atoms with Crippen LogP contribution in [-0.2, 0) is 6.18 Å². The molecule has 0 saturated carbocycles. The molecule has 27 heavy (non-hydrogen) atoms. The highest BCUT2D eigenvalue weighted by atomic mass is 35.5. The SMILES string of the molecule is O=C(Nc1ccc(Cl)cc1)c1cnc(NC2CCNCC2)nc1C(F)(F)F. The second-order valence-electron chi connectivity index (χ2n) is 6.08. The van der Waals surface area contributed by atoms with Gasteiger partial charge in [-0.15, -0.1) is 0 Å². The molecule has 0 atom stereocenters. The Bertz CT molecular complexity index is 807. The molecule has 0 aliphatic carbocycles. The van der Waals surface area contributed by atoms with Crippen LogP contribution in [0.4, 0.5) is 24.8 Å². The lowest BCUT2D eigenvalue weighted by Crippen LogP contribution is -2.36. The number of aromatic nitrogens is 2. The summed E-state index contributed by atoms with van der Waals surface area (Å²) in [6.45, 7) is 1.54. The van der Waals surface area contributed by atoms with Gasteiger partial charge in [-0.1, -0.05) is 11.6 Å². The summed E-state index contributed by atoms with van der Waals surface area (Å²) in [4.78, 5) is 19.8. The van der Waals surface area contributed by atoms with Gasteiger partial charge in [-0.2, -0.15) is 13.2 Å². The molecule has 2 heterocycles. The van der Waals surface area contributed by atoms with Crippen LogP contribution in [0.1, 0.15) is 28.9 Å². The number of alkyl halides is 3. The van der Waals surface area contributed by atoms with Gasteiger partial charge in [0.1, 0.15) is 0 Å². The van der Waals surface area contributed by atoms with E-state index in [0.717, 1.165) is 32.1 Å². The van der Waals surface area contributed by atoms with Crippen LogP contribution in [0.2, 0.25) is 5.02 Å². The third-order valence-electron chi connectivity index (χ3n) is 4.08. The van der Waals surface area contributed by atoms with Gasteiger partial charge in [-0.3, -0.25) is 4.79 Å². The Morgan fingerprint density at radius 2 is 1.85 bits per heavy atom. The Kier molecular flexibility index (Phi) is 5.81. The van der Waals surface area contributed by atoms with Gasteiger partial charge in [0.2, 0.25) is 5.95 Å². The van der Waals surface area contributed by atoms with E-state index in [4.69, 9.17) is 11.6 Å². The van der Waals surface area contributed by atoms with Crippen molar-refractivity contribution in [1.29, 1.82) is 0 Å². The largest absolute Gasteiger partial charge is 0.434 e. The maximum Gasteiger partial charge on any atom is 0.434 e. The number of anilines is 2. The first kappa shape index (κ1) is 19.4. The zero-order chi connectivity index (χ0) is 19.4. The third-order valence-corrected chi connectivity index (χ3v) is 4.33. The van der Waals surface area contributed by atoms with Crippen molar-refractivity contribution in [2.75, 3.05) is 23.7 Å². The summed E-state index contributed by atoms with van der Waals surface area (Å²) in [6, 6.07) is 6.00. The second-order valence-corrected chi connectivity index (χ2v) is 6.52. The van der Waals surface area contributed by atoms with Crippen LogP contribution in [-0.4, -0.2) is 35.0 Å². The molecule has 1 aromatic heterocycles. The van der Waals surface area contributed by atoms with E-state index >= 15 is 0 Å². The number of piperidine rings is 1. The van der Waals surface area contributed by atoms with Crippen molar-refractivity contribution in [2.45, 2.75) is 25.1 Å². The molecule has 1 aromatic carbocycles. The van der Waals surface area contributed by atoms with E-state index < -0.39 is 23.3 Å². The van der Waals surface area contributed by atoms with Crippen molar-refractivity contribution < 1.29 is 18.0 Å². The van der Waals surface area contributed by atoms with E-state index in [1.165, 1.54) is 24.3 Å². The Morgan fingerprint density at radius 1 is 1.19 bits per heavy atom. The fraction of sp³-hybridized carbons (Fsp3) is 0.353. The summed E-state index contributed by atoms with van der Waals surface area (Å²) in [7, 11) is 0. The summed E-state index contributed by atoms with van der Waals surface area (Å²) in [5, 5.41) is 8.91. The summed E-state index contributed by atoms with van der Waals surface area (Å²) in [6.07, 6.45) is -2.39. The van der Waals surface area contributed by atoms with E-state index in [1.807, 2.05) is 0 Å². The number of amides is 1. The molecule has 1 aliphatic rings. The highest BCUT2D eigenvalue weighted by molar-refractivity contribution is 6.30. The van der Waals surface area contributed by atoms with Gasteiger partial charge < -0.3 is 16.0 Å². The number of halogens is 4. The second kappa shape index (κ2) is 8.10. The quantitative estimate of drug-likeness (QED) is 0.732. The Hall–Kier alpha value is -2.39. The minimum atomic E-state index is -4.79. The molecule has 3 N–H and O–H groups in total. The highest BCUT2D eigenvalue weighted by Crippen LogP contribution is 2.31. The molecule has 1 fully saturated rings. The number of nitrogens with one attached hydrogen (secondary N) is 3. The zero-order valence-corrected chi connectivity index (χ0v) is 14.9. The molecule has 1 saturated heterocycles. The topological polar surface area (TPSA) is 78.9 Å². The van der Waals surface area contributed by atoms with Gasteiger partial charge >= 0.3 is 6.18 Å². The summed E-state index contributed by atoms with van der Waals surface area (Å²) in [5.41, 5.74) is -1.61. The van der Waals surface area contributed by atoms with Crippen molar-refractivity contribution in [3.63, 3.8) is 0 Å². The maximum atomic E-state index is 13.4. The van der Waals surface area contributed by atoms with Gasteiger partial charge in [0.05, 0.1) is 5.56 Å². The molecule has 10 heteroatoms. The van der Waals surface area contributed by atoms with Gasteiger partial charge in [0.25, 0.3) is 5.91 Å². The monoisotopic (exact) mass is 399 g/mol. The average molecular weight is 400 g/mol. The first-order valence-electron chi connectivity index (χ1n) is 8.31. The van der Waals surface area contributed by atoms with Crippen LogP contribution >= 0.6 is 11.6 Å². The lowest BCUT2D eigenvalue weighted by atomic mass is 10.1. The average Bonchev–Trinajstić information content (AvgIpc) is 2.64. The Morgan fingerprint density at radius 3 is 2.48 bits per heavy atom.